The van der Waals surface area contributed by atoms with Gasteiger partial charge in [0.15, 0.2) is 17.5 Å². The molecule has 2 heterocycles. The van der Waals surface area contributed by atoms with Crippen LogP contribution in [-0.4, -0.2) is 19.5 Å². The number of hydrogen-bond donors (Lipinski definition) is 0. The Bertz CT molecular complexity index is 3850. The first-order chi connectivity index (χ1) is 33.9. The summed E-state index contributed by atoms with van der Waals surface area (Å²) in [7, 11) is 0. The smallest absolute Gasteiger partial charge is 0.166 e. The van der Waals surface area contributed by atoms with Gasteiger partial charge in [-0.3, -0.25) is 0 Å². The van der Waals surface area contributed by atoms with Crippen LogP contribution in [0.1, 0.15) is 21.9 Å². The maximum atomic E-state index is 9.59. The first-order valence-corrected chi connectivity index (χ1v) is 17.2. The van der Waals surface area contributed by atoms with Crippen LogP contribution in [0.2, 0.25) is 0 Å². The molecule has 0 bridgehead atoms. The quantitative estimate of drug-likeness (QED) is 0.165. The van der Waals surface area contributed by atoms with Crippen molar-refractivity contribution in [1.82, 2.24) is 19.5 Å². The molecule has 0 aliphatic heterocycles. The normalized spacial score (nSPS) is 15.3. The second-order valence-electron chi connectivity index (χ2n) is 12.4. The Balaban J connectivity index is 1.32. The van der Waals surface area contributed by atoms with E-state index in [0.717, 1.165) is 11.1 Å². The van der Waals surface area contributed by atoms with Crippen molar-refractivity contribution in [2.75, 3.05) is 0 Å². The standard InChI is InChI=1S/C51H34N4/c1-4-16-35(17-5-1)37-30-32-39(33-31-37)50-52-49(38-20-8-3-9-21-38)53-51(54-50)44-25-11-13-28-46(44)55-45-27-12-10-24-43(45)48-42(26-15-29-47(48)55)41-23-14-22-40(34-41)36-18-6-2-7-19-36/h1-34H/i2D,6D,7D,10D,12D,14D,15D,18D,19D,22D,23D,24D,26D,27D,29D,34D. The minimum absolute atomic E-state index is 0.109. The minimum Gasteiger partial charge on any atom is -0.308 e. The van der Waals surface area contributed by atoms with Gasteiger partial charge < -0.3 is 4.57 Å². The molecule has 10 aromatic rings. The van der Waals surface area contributed by atoms with Crippen molar-refractivity contribution in [3.05, 3.63) is 206 Å². The molecule has 258 valence electrons. The molecule has 0 radical (unpaired) electrons. The van der Waals surface area contributed by atoms with Crippen molar-refractivity contribution in [3.63, 3.8) is 0 Å². The second-order valence-corrected chi connectivity index (χ2v) is 12.4. The third-order valence-corrected chi connectivity index (χ3v) is 9.15. The third kappa shape index (κ3) is 5.96. The van der Waals surface area contributed by atoms with E-state index < -0.39 is 119 Å². The van der Waals surface area contributed by atoms with E-state index in [9.17, 15) is 9.60 Å². The molecule has 0 fully saturated rings. The van der Waals surface area contributed by atoms with Gasteiger partial charge in [0.25, 0.3) is 0 Å². The molecule has 0 aliphatic rings. The summed E-state index contributed by atoms with van der Waals surface area (Å²) in [6, 6.07) is 21.2. The van der Waals surface area contributed by atoms with Gasteiger partial charge in [-0.15, -0.1) is 0 Å². The van der Waals surface area contributed by atoms with Crippen molar-refractivity contribution in [2.45, 2.75) is 0 Å². The van der Waals surface area contributed by atoms with Crippen molar-refractivity contribution >= 4 is 21.8 Å². The number of hydrogen-bond acceptors (Lipinski definition) is 3. The Morgan fingerprint density at radius 3 is 1.69 bits per heavy atom. The lowest BCUT2D eigenvalue weighted by Crippen LogP contribution is -2.03. The fourth-order valence-corrected chi connectivity index (χ4v) is 6.61. The Kier molecular flexibility index (Phi) is 4.93. The highest BCUT2D eigenvalue weighted by molar-refractivity contribution is 6.16. The van der Waals surface area contributed by atoms with Crippen molar-refractivity contribution in [1.29, 1.82) is 0 Å². The van der Waals surface area contributed by atoms with Gasteiger partial charge in [-0.25, -0.2) is 15.0 Å². The zero-order valence-electron chi connectivity index (χ0n) is 44.7. The average Bonchev–Trinajstić information content (AvgIpc) is 3.75. The molecule has 0 N–H and O–H groups in total. The highest BCUT2D eigenvalue weighted by Gasteiger charge is 2.21. The van der Waals surface area contributed by atoms with Gasteiger partial charge in [0, 0.05) is 27.5 Å². The highest BCUT2D eigenvalue weighted by atomic mass is 15.1. The maximum Gasteiger partial charge on any atom is 0.166 e. The molecule has 8 aromatic carbocycles. The summed E-state index contributed by atoms with van der Waals surface area (Å²) in [6.45, 7) is 0. The average molecular weight is 719 g/mol. The predicted molar refractivity (Wildman–Crippen MR) is 227 cm³/mol. The molecule has 4 heteroatoms. The molecule has 0 aliphatic carbocycles. The Morgan fingerprint density at radius 1 is 0.364 bits per heavy atom. The summed E-state index contributed by atoms with van der Waals surface area (Å²) < 4.78 is 145. The van der Waals surface area contributed by atoms with Gasteiger partial charge in [-0.05, 0) is 63.6 Å². The molecule has 2 aromatic heterocycles. The van der Waals surface area contributed by atoms with Crippen LogP contribution in [-0.2, 0) is 0 Å². The minimum atomic E-state index is -0.864. The van der Waals surface area contributed by atoms with E-state index in [1.165, 1.54) is 4.57 Å². The molecule has 0 unspecified atom stereocenters. The fourth-order valence-electron chi connectivity index (χ4n) is 6.61. The molecule has 4 nitrogen and oxygen atoms in total. The van der Waals surface area contributed by atoms with E-state index in [0.29, 0.717) is 11.1 Å². The van der Waals surface area contributed by atoms with Gasteiger partial charge in [0.2, 0.25) is 0 Å². The Morgan fingerprint density at radius 2 is 0.909 bits per heavy atom. The zero-order valence-corrected chi connectivity index (χ0v) is 28.7. The lowest BCUT2D eigenvalue weighted by molar-refractivity contribution is 1.06. The maximum absolute atomic E-state index is 9.59. The zero-order chi connectivity index (χ0) is 50.5. The topological polar surface area (TPSA) is 43.6 Å². The molecule has 0 atom stereocenters. The number of rotatable bonds is 7. The predicted octanol–water partition coefficient (Wildman–Crippen LogP) is 13.0. The van der Waals surface area contributed by atoms with Gasteiger partial charge in [-0.2, -0.15) is 0 Å². The lowest BCUT2D eigenvalue weighted by Gasteiger charge is -2.15. The van der Waals surface area contributed by atoms with Crippen LogP contribution in [0, 0.1) is 0 Å². The van der Waals surface area contributed by atoms with Crippen LogP contribution in [0.3, 0.4) is 0 Å². The summed E-state index contributed by atoms with van der Waals surface area (Å²) in [5.41, 5.74) is 0.847. The number of nitrogens with zero attached hydrogens (tertiary/aromatic N) is 4. The number of para-hydroxylation sites is 2. The Labute approximate surface area is 342 Å². The van der Waals surface area contributed by atoms with E-state index in [2.05, 4.69) is 0 Å². The van der Waals surface area contributed by atoms with Crippen molar-refractivity contribution in [3.8, 4) is 73.2 Å². The highest BCUT2D eigenvalue weighted by Crippen LogP contribution is 2.41. The number of benzene rings is 8. The molecule has 0 saturated carbocycles. The molecular formula is C51H34N4. The van der Waals surface area contributed by atoms with Crippen molar-refractivity contribution in [2.24, 2.45) is 0 Å². The van der Waals surface area contributed by atoms with Gasteiger partial charge in [0.05, 0.1) is 38.7 Å². The first kappa shape index (κ1) is 19.6. The monoisotopic (exact) mass is 718 g/mol. The number of fused-ring (bicyclic) bond motifs is 3. The van der Waals surface area contributed by atoms with Crippen LogP contribution in [0.15, 0.2) is 206 Å². The summed E-state index contributed by atoms with van der Waals surface area (Å²) in [5.74, 6) is 0.683. The van der Waals surface area contributed by atoms with Crippen LogP contribution in [0.5, 0.6) is 0 Å². The molecular weight excluding hydrogens is 669 g/mol. The summed E-state index contributed by atoms with van der Waals surface area (Å²) in [4.78, 5) is 14.8. The third-order valence-electron chi connectivity index (χ3n) is 9.15. The fraction of sp³-hybridized carbons (Fsp3) is 0. The molecule has 0 amide bonds. The summed E-state index contributed by atoms with van der Waals surface area (Å²) in [5, 5.41) is -0.555. The van der Waals surface area contributed by atoms with Crippen LogP contribution >= 0.6 is 0 Å². The van der Waals surface area contributed by atoms with Crippen LogP contribution in [0.25, 0.3) is 95.0 Å². The van der Waals surface area contributed by atoms with Gasteiger partial charge in [-0.1, -0.05) is 176 Å². The van der Waals surface area contributed by atoms with Gasteiger partial charge >= 0.3 is 0 Å². The SMILES string of the molecule is [2H]c1c([2H])c([2H])c(-c2c([2H])c([2H])c([2H])c(-c3c([2H])c([2H])c([2H])c4c3c3c([2H])c([2H])c([2H])c([2H])c3n4-c3ccccc3-c3nc(-c4ccccc4)nc(-c4ccc(-c5ccccc5)cc4)n3)c2[2H])c([2H])c1[2H]. The molecule has 0 spiro atoms. The van der Waals surface area contributed by atoms with Crippen LogP contribution < -0.4 is 0 Å². The van der Waals surface area contributed by atoms with E-state index in [1.807, 2.05) is 84.9 Å². The van der Waals surface area contributed by atoms with Gasteiger partial charge in [0.1, 0.15) is 0 Å². The summed E-state index contributed by atoms with van der Waals surface area (Å²) >= 11 is 0. The lowest BCUT2D eigenvalue weighted by atomic mass is 9.96. The van der Waals surface area contributed by atoms with E-state index in [-0.39, 0.29) is 50.5 Å². The van der Waals surface area contributed by atoms with E-state index in [4.69, 9.17) is 27.3 Å². The summed E-state index contributed by atoms with van der Waals surface area (Å²) in [6.07, 6.45) is 0. The molecule has 55 heavy (non-hydrogen) atoms. The van der Waals surface area contributed by atoms with E-state index in [1.54, 1.807) is 24.3 Å². The van der Waals surface area contributed by atoms with Crippen molar-refractivity contribution < 1.29 is 21.9 Å². The number of aromatic nitrogens is 4. The van der Waals surface area contributed by atoms with E-state index >= 15 is 0 Å². The molecule has 0 saturated heterocycles. The van der Waals surface area contributed by atoms with Crippen LogP contribution in [0.4, 0.5) is 0 Å². The molecule has 10 rings (SSSR count). The Hall–Kier alpha value is -7.43. The second kappa shape index (κ2) is 13.8. The largest absolute Gasteiger partial charge is 0.308 e. The first-order valence-electron chi connectivity index (χ1n) is 25.2.